The first-order valence-electron chi connectivity index (χ1n) is 6.15. The lowest BCUT2D eigenvalue weighted by Gasteiger charge is -2.26. The van der Waals surface area contributed by atoms with Crippen LogP contribution in [0.25, 0.3) is 0 Å². The highest BCUT2D eigenvalue weighted by atomic mass is 16.4. The van der Waals surface area contributed by atoms with Gasteiger partial charge in [0.1, 0.15) is 5.75 Å². The minimum Gasteiger partial charge on any atom is -0.508 e. The van der Waals surface area contributed by atoms with Crippen LogP contribution in [0.3, 0.4) is 0 Å². The van der Waals surface area contributed by atoms with E-state index >= 15 is 0 Å². The van der Waals surface area contributed by atoms with Gasteiger partial charge in [-0.25, -0.2) is 0 Å². The topological polar surface area (TPSA) is 77.8 Å². The van der Waals surface area contributed by atoms with Crippen LogP contribution < -0.4 is 0 Å². The van der Waals surface area contributed by atoms with Gasteiger partial charge in [0.25, 0.3) is 5.91 Å². The lowest BCUT2D eigenvalue weighted by atomic mass is 10.1. The summed E-state index contributed by atoms with van der Waals surface area (Å²) in [5.74, 6) is -1.15. The summed E-state index contributed by atoms with van der Waals surface area (Å²) in [7, 11) is 0. The van der Waals surface area contributed by atoms with Gasteiger partial charge in [0.05, 0.1) is 6.42 Å². The maximum atomic E-state index is 12.3. The van der Waals surface area contributed by atoms with Gasteiger partial charge in [-0.2, -0.15) is 0 Å². The number of aliphatic carboxylic acids is 1. The molecule has 0 radical (unpaired) electrons. The average molecular weight is 265 g/mol. The molecule has 0 aliphatic rings. The van der Waals surface area contributed by atoms with Crippen LogP contribution in [-0.2, 0) is 4.79 Å². The number of nitrogens with zero attached hydrogens (tertiary/aromatic N) is 1. The molecule has 0 aromatic heterocycles. The van der Waals surface area contributed by atoms with Crippen molar-refractivity contribution in [2.24, 2.45) is 0 Å². The van der Waals surface area contributed by atoms with Crippen molar-refractivity contribution in [1.29, 1.82) is 0 Å². The van der Waals surface area contributed by atoms with Crippen molar-refractivity contribution in [3.05, 3.63) is 29.3 Å². The number of carbonyl (C=O) groups excluding carboxylic acids is 1. The Hall–Kier alpha value is -2.04. The smallest absolute Gasteiger partial charge is 0.305 e. The Morgan fingerprint density at radius 1 is 1.32 bits per heavy atom. The van der Waals surface area contributed by atoms with Crippen LogP contribution in [0.1, 0.15) is 36.2 Å². The fraction of sp³-hybridized carbons (Fsp3) is 0.429. The van der Waals surface area contributed by atoms with Crippen LogP contribution >= 0.6 is 0 Å². The molecule has 0 atom stereocenters. The van der Waals surface area contributed by atoms with Gasteiger partial charge in [0.15, 0.2) is 0 Å². The molecule has 5 heteroatoms. The molecular weight excluding hydrogens is 246 g/mol. The molecule has 5 nitrogen and oxygen atoms in total. The summed E-state index contributed by atoms with van der Waals surface area (Å²) in [6.45, 7) is 5.55. The SMILES string of the molecule is Cc1ccc(C(=O)N(CCC(=O)O)C(C)C)cc1O. The van der Waals surface area contributed by atoms with E-state index < -0.39 is 5.97 Å². The number of aromatic hydroxyl groups is 1. The van der Waals surface area contributed by atoms with E-state index in [9.17, 15) is 14.7 Å². The molecule has 1 rings (SSSR count). The van der Waals surface area contributed by atoms with Crippen LogP contribution in [0.2, 0.25) is 0 Å². The molecular formula is C14H19NO4. The second-order valence-electron chi connectivity index (χ2n) is 4.74. The molecule has 1 aromatic rings. The summed E-state index contributed by atoms with van der Waals surface area (Å²) in [6, 6.07) is 4.61. The Balaban J connectivity index is 2.92. The summed E-state index contributed by atoms with van der Waals surface area (Å²) in [5, 5.41) is 18.3. The predicted molar refractivity (Wildman–Crippen MR) is 71.3 cm³/mol. The van der Waals surface area contributed by atoms with Gasteiger partial charge in [-0.15, -0.1) is 0 Å². The first-order valence-corrected chi connectivity index (χ1v) is 6.15. The quantitative estimate of drug-likeness (QED) is 0.853. The summed E-state index contributed by atoms with van der Waals surface area (Å²) < 4.78 is 0. The highest BCUT2D eigenvalue weighted by Crippen LogP contribution is 2.19. The normalized spacial score (nSPS) is 10.5. The molecule has 1 amide bonds. The van der Waals surface area contributed by atoms with Crippen molar-refractivity contribution in [2.75, 3.05) is 6.54 Å². The van der Waals surface area contributed by atoms with Crippen molar-refractivity contribution in [1.82, 2.24) is 4.90 Å². The fourth-order valence-corrected chi connectivity index (χ4v) is 1.72. The van der Waals surface area contributed by atoms with E-state index in [1.54, 1.807) is 19.1 Å². The van der Waals surface area contributed by atoms with Crippen molar-refractivity contribution >= 4 is 11.9 Å². The Kier molecular flexibility index (Phi) is 4.92. The number of carbonyl (C=O) groups is 2. The Morgan fingerprint density at radius 2 is 1.95 bits per heavy atom. The molecule has 2 N–H and O–H groups in total. The fourth-order valence-electron chi connectivity index (χ4n) is 1.72. The van der Waals surface area contributed by atoms with Gasteiger partial charge in [-0.05, 0) is 38.5 Å². The number of phenolic OH excluding ortho intramolecular Hbond substituents is 1. The van der Waals surface area contributed by atoms with E-state index in [-0.39, 0.29) is 30.7 Å². The molecule has 0 heterocycles. The van der Waals surface area contributed by atoms with Crippen molar-refractivity contribution in [3.8, 4) is 5.75 Å². The van der Waals surface area contributed by atoms with E-state index in [0.717, 1.165) is 0 Å². The maximum absolute atomic E-state index is 12.3. The van der Waals surface area contributed by atoms with Crippen LogP contribution in [0.4, 0.5) is 0 Å². The highest BCUT2D eigenvalue weighted by molar-refractivity contribution is 5.95. The number of benzene rings is 1. The lowest BCUT2D eigenvalue weighted by Crippen LogP contribution is -2.38. The summed E-state index contributed by atoms with van der Waals surface area (Å²) >= 11 is 0. The largest absolute Gasteiger partial charge is 0.508 e. The molecule has 0 unspecified atom stereocenters. The molecule has 0 aliphatic heterocycles. The molecule has 0 bridgehead atoms. The second-order valence-corrected chi connectivity index (χ2v) is 4.74. The number of rotatable bonds is 5. The van der Waals surface area contributed by atoms with E-state index in [1.807, 2.05) is 13.8 Å². The van der Waals surface area contributed by atoms with Crippen LogP contribution in [-0.4, -0.2) is 39.6 Å². The summed E-state index contributed by atoms with van der Waals surface area (Å²) in [4.78, 5) is 24.4. The number of hydrogen-bond donors (Lipinski definition) is 2. The molecule has 0 spiro atoms. The minimum absolute atomic E-state index is 0.0628. The molecule has 0 saturated carbocycles. The average Bonchev–Trinajstić information content (AvgIpc) is 2.31. The van der Waals surface area contributed by atoms with Crippen LogP contribution in [0, 0.1) is 6.92 Å². The zero-order valence-electron chi connectivity index (χ0n) is 11.4. The number of aryl methyl sites for hydroxylation is 1. The van der Waals surface area contributed by atoms with Crippen LogP contribution in [0.5, 0.6) is 5.75 Å². The molecule has 0 saturated heterocycles. The molecule has 0 fully saturated rings. The van der Waals surface area contributed by atoms with E-state index in [1.165, 1.54) is 11.0 Å². The van der Waals surface area contributed by atoms with Crippen molar-refractivity contribution < 1.29 is 19.8 Å². The Morgan fingerprint density at radius 3 is 2.42 bits per heavy atom. The third-order valence-corrected chi connectivity index (χ3v) is 2.91. The first-order chi connectivity index (χ1) is 8.82. The Bertz CT molecular complexity index is 482. The van der Waals surface area contributed by atoms with Gasteiger partial charge in [0.2, 0.25) is 0 Å². The van der Waals surface area contributed by atoms with E-state index in [4.69, 9.17) is 5.11 Å². The first kappa shape index (κ1) is 15.0. The van der Waals surface area contributed by atoms with E-state index in [2.05, 4.69) is 0 Å². The zero-order chi connectivity index (χ0) is 14.6. The van der Waals surface area contributed by atoms with Gasteiger partial charge in [-0.3, -0.25) is 9.59 Å². The number of phenols is 1. The predicted octanol–water partition coefficient (Wildman–Crippen LogP) is 2.03. The van der Waals surface area contributed by atoms with Gasteiger partial charge >= 0.3 is 5.97 Å². The molecule has 0 aliphatic carbocycles. The number of carboxylic acids is 1. The van der Waals surface area contributed by atoms with Crippen molar-refractivity contribution in [3.63, 3.8) is 0 Å². The van der Waals surface area contributed by atoms with Crippen molar-refractivity contribution in [2.45, 2.75) is 33.2 Å². The number of carboxylic acid groups (broad SMARTS) is 1. The standard InChI is InChI=1S/C14H19NO4/c1-9(2)15(7-6-13(17)18)14(19)11-5-4-10(3)12(16)8-11/h4-5,8-9,16H,6-7H2,1-3H3,(H,17,18). The van der Waals surface area contributed by atoms with Gasteiger partial charge in [-0.1, -0.05) is 6.07 Å². The van der Waals surface area contributed by atoms with Gasteiger partial charge in [0, 0.05) is 18.2 Å². The number of amides is 1. The maximum Gasteiger partial charge on any atom is 0.305 e. The molecule has 19 heavy (non-hydrogen) atoms. The minimum atomic E-state index is -0.940. The molecule has 1 aromatic carbocycles. The monoisotopic (exact) mass is 265 g/mol. The highest BCUT2D eigenvalue weighted by Gasteiger charge is 2.20. The van der Waals surface area contributed by atoms with Gasteiger partial charge < -0.3 is 15.1 Å². The van der Waals surface area contributed by atoms with E-state index in [0.29, 0.717) is 11.1 Å². The lowest BCUT2D eigenvalue weighted by molar-refractivity contribution is -0.137. The summed E-state index contributed by atoms with van der Waals surface area (Å²) in [5.41, 5.74) is 1.06. The molecule has 104 valence electrons. The second kappa shape index (κ2) is 6.22. The summed E-state index contributed by atoms with van der Waals surface area (Å²) in [6.07, 6.45) is -0.0955. The zero-order valence-corrected chi connectivity index (χ0v) is 11.4. The third kappa shape index (κ3) is 3.98. The number of hydrogen-bond acceptors (Lipinski definition) is 3. The van der Waals surface area contributed by atoms with Crippen LogP contribution in [0.15, 0.2) is 18.2 Å². The third-order valence-electron chi connectivity index (χ3n) is 2.91. The Labute approximate surface area is 112 Å².